The number of piperazine rings is 1. The minimum atomic E-state index is -0.276. The molecule has 9 heteroatoms. The molecule has 2 aromatic rings. The number of carbonyl (C=O) groups is 2. The maximum absolute atomic E-state index is 13.1. The molecule has 5 rings (SSSR count). The van der Waals surface area contributed by atoms with E-state index in [0.29, 0.717) is 38.8 Å². The van der Waals surface area contributed by atoms with Gasteiger partial charge in [-0.3, -0.25) is 9.69 Å². The summed E-state index contributed by atoms with van der Waals surface area (Å²) in [6, 6.07) is 10.2. The van der Waals surface area contributed by atoms with Crippen LogP contribution in [0.15, 0.2) is 42.7 Å². The maximum Gasteiger partial charge on any atom is 0.409 e. The van der Waals surface area contributed by atoms with Gasteiger partial charge in [0.05, 0.1) is 6.61 Å². The Morgan fingerprint density at radius 1 is 0.971 bits per heavy atom. The molecule has 0 radical (unpaired) electrons. The molecular weight excluding hydrogens is 446 g/mol. The fraction of sp³-hybridized carbons (Fsp3) is 0.538. The first-order chi connectivity index (χ1) is 17.1. The molecule has 1 unspecified atom stereocenters. The van der Waals surface area contributed by atoms with E-state index in [1.807, 2.05) is 24.0 Å². The van der Waals surface area contributed by atoms with Crippen LogP contribution in [0.25, 0.3) is 0 Å². The highest BCUT2D eigenvalue weighted by atomic mass is 16.6. The first-order valence-electron chi connectivity index (χ1n) is 12.5. The summed E-state index contributed by atoms with van der Waals surface area (Å²) in [6.45, 7) is 7.42. The maximum atomic E-state index is 13.1. The van der Waals surface area contributed by atoms with Gasteiger partial charge in [-0.2, -0.15) is 0 Å². The number of hydrogen-bond acceptors (Lipinski definition) is 7. The number of benzene rings is 1. The summed E-state index contributed by atoms with van der Waals surface area (Å²) in [6.07, 6.45) is 6.18. The van der Waals surface area contributed by atoms with Crippen molar-refractivity contribution in [3.8, 4) is 11.8 Å². The third kappa shape index (κ3) is 5.40. The van der Waals surface area contributed by atoms with Crippen LogP contribution in [-0.2, 0) is 16.1 Å². The van der Waals surface area contributed by atoms with Gasteiger partial charge in [-0.05, 0) is 68.5 Å². The normalized spacial score (nSPS) is 21.6. The molecule has 186 valence electrons. The van der Waals surface area contributed by atoms with Crippen molar-refractivity contribution in [3.63, 3.8) is 0 Å². The molecule has 2 aliphatic heterocycles. The van der Waals surface area contributed by atoms with Gasteiger partial charge in [0.15, 0.2) is 0 Å². The fourth-order valence-corrected chi connectivity index (χ4v) is 5.32. The fourth-order valence-electron chi connectivity index (χ4n) is 5.32. The van der Waals surface area contributed by atoms with Gasteiger partial charge in [-0.15, -0.1) is 0 Å². The molecule has 3 aliphatic rings. The molecular formula is C26H33N5O4. The highest BCUT2D eigenvalue weighted by molar-refractivity contribution is 5.83. The zero-order chi connectivity index (χ0) is 24.3. The summed E-state index contributed by atoms with van der Waals surface area (Å²) in [5, 5.41) is 0. The Hall–Kier alpha value is -3.20. The number of amides is 2. The van der Waals surface area contributed by atoms with Crippen LogP contribution in [0, 0.1) is 11.3 Å². The second kappa shape index (κ2) is 10.2. The van der Waals surface area contributed by atoms with Crippen molar-refractivity contribution in [2.45, 2.75) is 32.7 Å². The molecule has 1 spiro atoms. The third-order valence-electron chi connectivity index (χ3n) is 7.54. The van der Waals surface area contributed by atoms with Gasteiger partial charge in [0.25, 0.3) is 0 Å². The van der Waals surface area contributed by atoms with Crippen LogP contribution in [0.5, 0.6) is 11.8 Å². The summed E-state index contributed by atoms with van der Waals surface area (Å²) >= 11 is 0. The molecule has 2 amide bonds. The zero-order valence-electron chi connectivity index (χ0n) is 20.3. The molecule has 0 N–H and O–H groups in total. The van der Waals surface area contributed by atoms with Gasteiger partial charge < -0.3 is 19.3 Å². The van der Waals surface area contributed by atoms with E-state index in [-0.39, 0.29) is 23.3 Å². The molecule has 0 bridgehead atoms. The molecule has 35 heavy (non-hydrogen) atoms. The number of carbonyl (C=O) groups excluding carboxylic acids is 2. The van der Waals surface area contributed by atoms with E-state index in [4.69, 9.17) is 9.47 Å². The molecule has 3 heterocycles. The molecule has 3 fully saturated rings. The van der Waals surface area contributed by atoms with Crippen LogP contribution in [0.4, 0.5) is 4.79 Å². The van der Waals surface area contributed by atoms with Crippen molar-refractivity contribution in [3.05, 3.63) is 48.3 Å². The topological polar surface area (TPSA) is 88.1 Å². The van der Waals surface area contributed by atoms with Crippen LogP contribution in [0.3, 0.4) is 0 Å². The van der Waals surface area contributed by atoms with Crippen LogP contribution in [0.2, 0.25) is 0 Å². The lowest BCUT2D eigenvalue weighted by atomic mass is 9.90. The number of ether oxygens (including phenoxy) is 2. The molecule has 1 aromatic heterocycles. The average molecular weight is 480 g/mol. The standard InChI is InChI=1S/C26H33N5O4/c1-2-34-25(33)31-16-14-30(15-17-31)23(32)22-18-26(22)8-12-29(13-9-26)19-20-4-6-21(7-5-20)35-24-27-10-3-11-28-24/h3-7,10-11,22H,2,8-9,12-19H2,1H3. The van der Waals surface area contributed by atoms with E-state index in [1.165, 1.54) is 5.56 Å². The first-order valence-corrected chi connectivity index (χ1v) is 12.5. The monoisotopic (exact) mass is 479 g/mol. The predicted octanol–water partition coefficient (Wildman–Crippen LogP) is 3.17. The number of aromatic nitrogens is 2. The van der Waals surface area contributed by atoms with Crippen molar-refractivity contribution in [2.24, 2.45) is 11.3 Å². The minimum absolute atomic E-state index is 0.149. The van der Waals surface area contributed by atoms with E-state index in [1.54, 1.807) is 23.4 Å². The lowest BCUT2D eigenvalue weighted by Gasteiger charge is -2.36. The van der Waals surface area contributed by atoms with E-state index in [9.17, 15) is 9.59 Å². The predicted molar refractivity (Wildman–Crippen MR) is 129 cm³/mol. The molecule has 1 atom stereocenters. The molecule has 9 nitrogen and oxygen atoms in total. The molecule has 1 saturated carbocycles. The Kier molecular flexibility index (Phi) is 6.86. The van der Waals surface area contributed by atoms with Gasteiger partial charge in [-0.1, -0.05) is 12.1 Å². The van der Waals surface area contributed by atoms with Crippen LogP contribution >= 0.6 is 0 Å². The number of likely N-dealkylation sites (tertiary alicyclic amines) is 1. The first kappa shape index (κ1) is 23.5. The number of hydrogen-bond donors (Lipinski definition) is 0. The van der Waals surface area contributed by atoms with Gasteiger partial charge in [0.1, 0.15) is 5.75 Å². The number of nitrogens with zero attached hydrogens (tertiary/aromatic N) is 5. The van der Waals surface area contributed by atoms with Crippen LogP contribution in [-0.4, -0.2) is 82.5 Å². The summed E-state index contributed by atoms with van der Waals surface area (Å²) in [5.74, 6) is 1.15. The minimum Gasteiger partial charge on any atom is -0.450 e. The number of piperidine rings is 1. The van der Waals surface area contributed by atoms with Gasteiger partial charge >= 0.3 is 12.1 Å². The summed E-state index contributed by atoms with van der Waals surface area (Å²) in [4.78, 5) is 39.3. The molecule has 1 aromatic carbocycles. The highest BCUT2D eigenvalue weighted by Gasteiger charge is 2.59. The van der Waals surface area contributed by atoms with E-state index in [0.717, 1.165) is 44.6 Å². The Morgan fingerprint density at radius 3 is 2.29 bits per heavy atom. The third-order valence-corrected chi connectivity index (χ3v) is 7.54. The smallest absolute Gasteiger partial charge is 0.409 e. The van der Waals surface area contributed by atoms with Crippen molar-refractivity contribution in [1.29, 1.82) is 0 Å². The molecule has 1 aliphatic carbocycles. The Morgan fingerprint density at radius 2 is 1.63 bits per heavy atom. The second-order valence-electron chi connectivity index (χ2n) is 9.68. The van der Waals surface area contributed by atoms with Crippen molar-refractivity contribution >= 4 is 12.0 Å². The Labute approximate surface area is 206 Å². The summed E-state index contributed by atoms with van der Waals surface area (Å²) in [7, 11) is 0. The number of rotatable bonds is 6. The van der Waals surface area contributed by atoms with E-state index in [2.05, 4.69) is 27.0 Å². The summed E-state index contributed by atoms with van der Waals surface area (Å²) in [5.41, 5.74) is 1.42. The van der Waals surface area contributed by atoms with Crippen molar-refractivity contribution in [2.75, 3.05) is 45.9 Å². The van der Waals surface area contributed by atoms with Crippen LogP contribution < -0.4 is 4.74 Å². The van der Waals surface area contributed by atoms with E-state index < -0.39 is 0 Å². The Balaban J connectivity index is 1.06. The second-order valence-corrected chi connectivity index (χ2v) is 9.68. The van der Waals surface area contributed by atoms with Crippen LogP contribution in [0.1, 0.15) is 31.7 Å². The average Bonchev–Trinajstić information content (AvgIpc) is 3.60. The SMILES string of the molecule is CCOC(=O)N1CCN(C(=O)C2CC23CCN(Cc2ccc(Oc4ncccn4)cc2)CC3)CC1. The Bertz CT molecular complexity index is 1020. The quantitative estimate of drug-likeness (QED) is 0.629. The highest BCUT2D eigenvalue weighted by Crippen LogP contribution is 2.60. The van der Waals surface area contributed by atoms with Crippen molar-refractivity contribution < 1.29 is 19.1 Å². The van der Waals surface area contributed by atoms with E-state index >= 15 is 0 Å². The molecule has 2 saturated heterocycles. The van der Waals surface area contributed by atoms with Gasteiger partial charge in [-0.25, -0.2) is 14.8 Å². The summed E-state index contributed by atoms with van der Waals surface area (Å²) < 4.78 is 10.8. The van der Waals surface area contributed by atoms with Crippen molar-refractivity contribution in [1.82, 2.24) is 24.7 Å². The lowest BCUT2D eigenvalue weighted by molar-refractivity contribution is -0.135. The largest absolute Gasteiger partial charge is 0.450 e. The zero-order valence-corrected chi connectivity index (χ0v) is 20.3. The van der Waals surface area contributed by atoms with Gasteiger partial charge in [0.2, 0.25) is 5.91 Å². The van der Waals surface area contributed by atoms with Gasteiger partial charge in [0, 0.05) is 51.0 Å². The lowest BCUT2D eigenvalue weighted by Crippen LogP contribution is -2.51.